The average Bonchev–Trinajstić information content (AvgIpc) is 3.43. The number of benzene rings is 3. The van der Waals surface area contributed by atoms with Crippen LogP contribution in [-0.2, 0) is 24.2 Å². The van der Waals surface area contributed by atoms with E-state index in [9.17, 15) is 20.1 Å². The predicted molar refractivity (Wildman–Crippen MR) is 230 cm³/mol. The molecule has 0 saturated heterocycles. The topological polar surface area (TPSA) is 90.2 Å². The third-order valence-electron chi connectivity index (χ3n) is 15.2. The van der Waals surface area contributed by atoms with Gasteiger partial charge in [0.05, 0.1) is 31.0 Å². The van der Waals surface area contributed by atoms with Crippen LogP contribution in [0.5, 0.6) is 0 Å². The molecule has 0 aliphatic heterocycles. The molecule has 6 aliphatic rings. The van der Waals surface area contributed by atoms with Crippen molar-refractivity contribution in [3.63, 3.8) is 0 Å². The summed E-state index contributed by atoms with van der Waals surface area (Å²) in [4.78, 5) is 16.8. The third-order valence-corrected chi connectivity index (χ3v) is 15.6. The van der Waals surface area contributed by atoms with Gasteiger partial charge in [0, 0.05) is 47.6 Å². The monoisotopic (exact) mass is 813 g/mol. The van der Waals surface area contributed by atoms with Crippen LogP contribution < -0.4 is 0 Å². The summed E-state index contributed by atoms with van der Waals surface area (Å²) in [5, 5.41) is 36.1. The average molecular weight is 815 g/mol. The van der Waals surface area contributed by atoms with Gasteiger partial charge in [-0.05, 0) is 135 Å². The van der Waals surface area contributed by atoms with Crippen LogP contribution in [0.4, 0.5) is 4.39 Å². The van der Waals surface area contributed by atoms with Gasteiger partial charge in [-0.2, -0.15) is 0 Å². The Kier molecular flexibility index (Phi) is 13.4. The number of hydrogen-bond acceptors (Lipinski definition) is 6. The fraction of sp³-hybridized carbons (Fsp3) is 0.580. The second-order valence-electron chi connectivity index (χ2n) is 19.3. The van der Waals surface area contributed by atoms with Gasteiger partial charge in [0.2, 0.25) is 0 Å². The predicted octanol–water partition coefficient (Wildman–Crippen LogP) is 9.89. The van der Waals surface area contributed by atoms with Gasteiger partial charge in [0.1, 0.15) is 5.82 Å². The van der Waals surface area contributed by atoms with Gasteiger partial charge in [-0.3, -0.25) is 9.69 Å². The number of allylic oxidation sites excluding steroid dienone is 2. The van der Waals surface area contributed by atoms with Crippen LogP contribution in [0.25, 0.3) is 0 Å². The molecule has 0 heterocycles. The summed E-state index contributed by atoms with van der Waals surface area (Å²) in [5.74, 6) is 0.990. The molecule has 314 valence electrons. The summed E-state index contributed by atoms with van der Waals surface area (Å²) in [7, 11) is 0. The van der Waals surface area contributed by atoms with Gasteiger partial charge in [-0.1, -0.05) is 92.6 Å². The van der Waals surface area contributed by atoms with Gasteiger partial charge >= 0.3 is 0 Å². The normalized spacial score (nSPS) is 30.0. The molecule has 0 aromatic heterocycles. The van der Waals surface area contributed by atoms with Crippen LogP contribution in [0.15, 0.2) is 78.4 Å². The zero-order valence-electron chi connectivity index (χ0n) is 35.1. The fourth-order valence-electron chi connectivity index (χ4n) is 11.5. The van der Waals surface area contributed by atoms with Crippen LogP contribution in [0.3, 0.4) is 0 Å². The molecule has 6 nitrogen and oxygen atoms in total. The van der Waals surface area contributed by atoms with E-state index in [1.807, 2.05) is 48.5 Å². The molecule has 0 amide bonds. The highest BCUT2D eigenvalue weighted by Crippen LogP contribution is 2.62. The van der Waals surface area contributed by atoms with Crippen LogP contribution in [0.2, 0.25) is 5.02 Å². The Morgan fingerprint density at radius 2 is 1.81 bits per heavy atom. The first-order valence-corrected chi connectivity index (χ1v) is 22.2. The van der Waals surface area contributed by atoms with E-state index in [0.717, 1.165) is 48.4 Å². The number of carbonyl (C=O) groups excluding carboxylic acids is 1. The number of halogens is 2. The van der Waals surface area contributed by atoms with E-state index in [-0.39, 0.29) is 35.3 Å². The van der Waals surface area contributed by atoms with Crippen molar-refractivity contribution in [2.45, 2.75) is 129 Å². The lowest BCUT2D eigenvalue weighted by Crippen LogP contribution is -2.58. The van der Waals surface area contributed by atoms with E-state index in [1.165, 1.54) is 24.5 Å². The number of rotatable bonds is 13. The molecule has 3 N–H and O–H groups in total. The Balaban J connectivity index is 1.21. The van der Waals surface area contributed by atoms with Crippen molar-refractivity contribution < 1.29 is 29.2 Å². The second kappa shape index (κ2) is 18.0. The molecule has 0 radical (unpaired) electrons. The molecule has 6 aliphatic carbocycles. The van der Waals surface area contributed by atoms with E-state index >= 15 is 4.39 Å². The Morgan fingerprint density at radius 3 is 2.55 bits per heavy atom. The summed E-state index contributed by atoms with van der Waals surface area (Å²) >= 11 is 6.45. The standard InChI is InChI=1S/C50H65ClFNO5/c1-33-10-9-22-49(4)43(40-20-16-35(24-38(54)19-15-33)25-41(40)47(56)27-42-45(51)13-8-14-46(42)52)21-23-50(49,57)32-53(28-36-17-18-37-26-44(36)48(37,2)3)29-39(55)31-58-30-34-11-6-5-7-12-34/h5-8,10-14,16,20,25,36-39,43-44,54-55,57H,9,15,17-19,21-24,26-32H2,1-4H3/t36-,37-,38-,39+,43-,44-,49-,50+/m0/s1. The minimum Gasteiger partial charge on any atom is -0.393 e. The molecule has 4 saturated carbocycles. The third kappa shape index (κ3) is 9.21. The first kappa shape index (κ1) is 43.2. The first-order valence-electron chi connectivity index (χ1n) is 21.8. The summed E-state index contributed by atoms with van der Waals surface area (Å²) in [6.45, 7) is 11.4. The lowest BCUT2D eigenvalue weighted by atomic mass is 9.45. The number of ether oxygens (including phenoxy) is 1. The molecule has 4 bridgehead atoms. The number of hydrogen-bond donors (Lipinski definition) is 3. The van der Waals surface area contributed by atoms with Crippen molar-refractivity contribution in [3.8, 4) is 0 Å². The van der Waals surface area contributed by atoms with Crippen molar-refractivity contribution in [1.29, 1.82) is 0 Å². The molecule has 0 unspecified atom stereocenters. The number of aliphatic hydroxyl groups is 3. The quantitative estimate of drug-likeness (QED) is 0.118. The Bertz CT molecular complexity index is 1910. The number of carbonyl (C=O) groups is 1. The van der Waals surface area contributed by atoms with Gasteiger partial charge in [0.15, 0.2) is 5.78 Å². The Labute approximate surface area is 350 Å². The number of fused-ring (bicyclic) bond motifs is 10. The molecular formula is C50H65ClFNO5. The Hall–Kier alpha value is -2.91. The molecule has 3 aromatic rings. The van der Waals surface area contributed by atoms with E-state index in [0.29, 0.717) is 74.6 Å². The van der Waals surface area contributed by atoms with Crippen molar-refractivity contribution in [2.75, 3.05) is 26.2 Å². The van der Waals surface area contributed by atoms with E-state index < -0.39 is 29.0 Å². The summed E-state index contributed by atoms with van der Waals surface area (Å²) in [5.41, 5.74) is 3.24. The number of Topliss-reactive ketones (excluding diaryl/α,β-unsaturated/α-hetero) is 1. The minimum atomic E-state index is -1.13. The molecule has 58 heavy (non-hydrogen) atoms. The highest BCUT2D eigenvalue weighted by Gasteiger charge is 2.58. The van der Waals surface area contributed by atoms with Crippen LogP contribution >= 0.6 is 11.6 Å². The smallest absolute Gasteiger partial charge is 0.167 e. The maximum atomic E-state index is 15.1. The number of nitrogens with zero attached hydrogens (tertiary/aromatic N) is 1. The van der Waals surface area contributed by atoms with Crippen molar-refractivity contribution >= 4 is 17.4 Å². The molecule has 9 rings (SSSR count). The zero-order valence-corrected chi connectivity index (χ0v) is 35.8. The second-order valence-corrected chi connectivity index (χ2v) is 19.7. The maximum Gasteiger partial charge on any atom is 0.167 e. The maximum absolute atomic E-state index is 15.1. The van der Waals surface area contributed by atoms with Crippen LogP contribution in [0.1, 0.15) is 124 Å². The van der Waals surface area contributed by atoms with Gasteiger partial charge in [-0.25, -0.2) is 4.39 Å². The highest BCUT2D eigenvalue weighted by atomic mass is 35.5. The molecule has 4 fully saturated rings. The highest BCUT2D eigenvalue weighted by molar-refractivity contribution is 6.31. The Morgan fingerprint density at radius 1 is 1.02 bits per heavy atom. The summed E-state index contributed by atoms with van der Waals surface area (Å²) < 4.78 is 21.1. The zero-order chi connectivity index (χ0) is 41.2. The molecule has 3 aromatic carbocycles. The fourth-order valence-corrected chi connectivity index (χ4v) is 11.8. The molecular weight excluding hydrogens is 749 g/mol. The molecule has 0 spiro atoms. The number of ketones is 1. The van der Waals surface area contributed by atoms with Crippen LogP contribution in [-0.4, -0.2) is 70.1 Å². The largest absolute Gasteiger partial charge is 0.393 e. The molecule has 8 heteroatoms. The number of aliphatic hydroxyl groups excluding tert-OH is 2. The van der Waals surface area contributed by atoms with Gasteiger partial charge in [0.25, 0.3) is 0 Å². The lowest BCUT2D eigenvalue weighted by molar-refractivity contribution is -0.127. The van der Waals surface area contributed by atoms with Crippen molar-refractivity contribution in [2.24, 2.45) is 28.6 Å². The molecule has 8 atom stereocenters. The lowest BCUT2D eigenvalue weighted by Gasteiger charge is -2.61. The van der Waals surface area contributed by atoms with E-state index in [4.69, 9.17) is 16.3 Å². The van der Waals surface area contributed by atoms with Crippen molar-refractivity contribution in [3.05, 3.63) is 117 Å². The van der Waals surface area contributed by atoms with Crippen LogP contribution in [0, 0.1) is 34.4 Å². The van der Waals surface area contributed by atoms with Crippen molar-refractivity contribution in [1.82, 2.24) is 4.90 Å². The van der Waals surface area contributed by atoms with Gasteiger partial charge in [-0.15, -0.1) is 0 Å². The SMILES string of the molecule is CC1=CCC[C@@]2(C)[C@@H](CC[C@@]2(O)CN(C[C@@H](O)COCc2ccccc2)C[C@@H]2CC[C@H]3C[C@@H]2C3(C)C)c2ccc(cc2C(=O)Cc2c(F)cccc2Cl)C[C@@H](O)CC1. The van der Waals surface area contributed by atoms with Gasteiger partial charge < -0.3 is 20.1 Å². The summed E-state index contributed by atoms with van der Waals surface area (Å²) in [6.07, 6.45) is 8.88. The summed E-state index contributed by atoms with van der Waals surface area (Å²) in [6, 6.07) is 20.4. The van der Waals surface area contributed by atoms with E-state index in [1.54, 1.807) is 12.1 Å². The first-order chi connectivity index (χ1) is 27.7. The van der Waals surface area contributed by atoms with E-state index in [2.05, 4.69) is 38.7 Å². The minimum absolute atomic E-state index is 0.162.